The quantitative estimate of drug-likeness (QED) is 0.888. The van der Waals surface area contributed by atoms with E-state index in [1.807, 2.05) is 18.2 Å². The average molecular weight is 265 g/mol. The van der Waals surface area contributed by atoms with Crippen molar-refractivity contribution < 1.29 is 18.9 Å². The minimum atomic E-state index is -0.155. The molecule has 1 atom stereocenters. The van der Waals surface area contributed by atoms with Gasteiger partial charge in [0, 0.05) is 6.42 Å². The fraction of sp³-hybridized carbons (Fsp3) is 0.571. The standard InChI is InChI=1S/C14H19NO4/c15-12(9-19-11-7-16-8-11)10-2-3-13-14(6-10)18-5-1-4-17-13/h2-3,6,11-12H,1,4-5,7-9,15H2. The molecule has 0 radical (unpaired) electrons. The van der Waals surface area contributed by atoms with Gasteiger partial charge < -0.3 is 24.7 Å². The molecular weight excluding hydrogens is 246 g/mol. The van der Waals surface area contributed by atoms with Crippen LogP contribution >= 0.6 is 0 Å². The normalized spacial score (nSPS) is 20.5. The van der Waals surface area contributed by atoms with Crippen LogP contribution in [0.5, 0.6) is 11.5 Å². The van der Waals surface area contributed by atoms with Crippen molar-refractivity contribution in [3.8, 4) is 11.5 Å². The van der Waals surface area contributed by atoms with Crippen molar-refractivity contribution in [3.05, 3.63) is 23.8 Å². The molecule has 5 nitrogen and oxygen atoms in total. The van der Waals surface area contributed by atoms with Crippen LogP contribution in [0.4, 0.5) is 0 Å². The van der Waals surface area contributed by atoms with Crippen LogP contribution in [0.1, 0.15) is 18.0 Å². The molecule has 19 heavy (non-hydrogen) atoms. The van der Waals surface area contributed by atoms with E-state index in [2.05, 4.69) is 0 Å². The zero-order valence-electron chi connectivity index (χ0n) is 10.8. The van der Waals surface area contributed by atoms with Crippen LogP contribution in [0.2, 0.25) is 0 Å². The molecule has 0 saturated carbocycles. The van der Waals surface area contributed by atoms with Gasteiger partial charge in [0.2, 0.25) is 0 Å². The van der Waals surface area contributed by atoms with E-state index < -0.39 is 0 Å². The third kappa shape index (κ3) is 3.00. The van der Waals surface area contributed by atoms with E-state index >= 15 is 0 Å². The summed E-state index contributed by atoms with van der Waals surface area (Å²) in [5.74, 6) is 1.57. The highest BCUT2D eigenvalue weighted by atomic mass is 16.6. The zero-order chi connectivity index (χ0) is 13.1. The molecule has 0 bridgehead atoms. The fourth-order valence-electron chi connectivity index (χ4n) is 2.06. The predicted molar refractivity (Wildman–Crippen MR) is 69.5 cm³/mol. The number of nitrogens with two attached hydrogens (primary N) is 1. The van der Waals surface area contributed by atoms with Gasteiger partial charge in [0.25, 0.3) is 0 Å². The Morgan fingerprint density at radius 2 is 2.00 bits per heavy atom. The lowest BCUT2D eigenvalue weighted by Gasteiger charge is -2.27. The Balaban J connectivity index is 1.64. The average Bonchev–Trinajstić information content (AvgIpc) is 2.60. The summed E-state index contributed by atoms with van der Waals surface area (Å²) in [4.78, 5) is 0. The highest BCUT2D eigenvalue weighted by Crippen LogP contribution is 2.32. The maximum absolute atomic E-state index is 6.13. The lowest BCUT2D eigenvalue weighted by atomic mass is 10.1. The highest BCUT2D eigenvalue weighted by Gasteiger charge is 2.21. The molecule has 1 unspecified atom stereocenters. The first-order valence-corrected chi connectivity index (χ1v) is 6.67. The predicted octanol–water partition coefficient (Wildman–Crippen LogP) is 1.26. The SMILES string of the molecule is NC(COC1COC1)c1ccc2c(c1)OCCCO2. The van der Waals surface area contributed by atoms with Crippen molar-refractivity contribution in [1.82, 2.24) is 0 Å². The minimum Gasteiger partial charge on any atom is -0.490 e. The van der Waals surface area contributed by atoms with Crippen molar-refractivity contribution in [3.63, 3.8) is 0 Å². The molecule has 0 spiro atoms. The molecule has 3 rings (SSSR count). The van der Waals surface area contributed by atoms with Gasteiger partial charge in [-0.25, -0.2) is 0 Å². The van der Waals surface area contributed by atoms with Crippen molar-refractivity contribution in [2.24, 2.45) is 5.73 Å². The number of benzene rings is 1. The Morgan fingerprint density at radius 3 is 2.74 bits per heavy atom. The maximum atomic E-state index is 6.13. The number of ether oxygens (including phenoxy) is 4. The molecule has 2 aliphatic heterocycles. The zero-order valence-corrected chi connectivity index (χ0v) is 10.8. The maximum Gasteiger partial charge on any atom is 0.161 e. The van der Waals surface area contributed by atoms with Gasteiger partial charge in [-0.05, 0) is 17.7 Å². The second-order valence-electron chi connectivity index (χ2n) is 4.86. The molecule has 2 aliphatic rings. The van der Waals surface area contributed by atoms with E-state index in [-0.39, 0.29) is 12.1 Å². The van der Waals surface area contributed by atoms with Gasteiger partial charge in [-0.2, -0.15) is 0 Å². The summed E-state index contributed by atoms with van der Waals surface area (Å²) in [6, 6.07) is 5.69. The molecule has 0 amide bonds. The summed E-state index contributed by atoms with van der Waals surface area (Å²) in [6.07, 6.45) is 1.10. The molecule has 2 heterocycles. The van der Waals surface area contributed by atoms with Crippen LogP contribution in [0.15, 0.2) is 18.2 Å². The Morgan fingerprint density at radius 1 is 1.21 bits per heavy atom. The van der Waals surface area contributed by atoms with Crippen LogP contribution in [-0.4, -0.2) is 39.1 Å². The molecule has 1 aromatic carbocycles. The molecule has 1 fully saturated rings. The topological polar surface area (TPSA) is 62.9 Å². The third-order valence-electron chi connectivity index (χ3n) is 3.32. The molecule has 1 aromatic rings. The molecule has 0 aliphatic carbocycles. The Hall–Kier alpha value is -1.30. The first-order chi connectivity index (χ1) is 9.33. The lowest BCUT2D eigenvalue weighted by molar-refractivity contribution is -0.131. The number of hydrogen-bond acceptors (Lipinski definition) is 5. The van der Waals surface area contributed by atoms with E-state index in [9.17, 15) is 0 Å². The molecule has 1 saturated heterocycles. The second kappa shape index (κ2) is 5.77. The van der Waals surface area contributed by atoms with Gasteiger partial charge in [0.05, 0.1) is 39.1 Å². The van der Waals surface area contributed by atoms with Gasteiger partial charge in [0.1, 0.15) is 6.10 Å². The van der Waals surface area contributed by atoms with Gasteiger partial charge in [-0.15, -0.1) is 0 Å². The first kappa shape index (κ1) is 12.7. The largest absolute Gasteiger partial charge is 0.490 e. The van der Waals surface area contributed by atoms with Gasteiger partial charge in [0.15, 0.2) is 11.5 Å². The summed E-state index contributed by atoms with van der Waals surface area (Å²) < 4.78 is 21.9. The summed E-state index contributed by atoms with van der Waals surface area (Å²) in [5.41, 5.74) is 7.14. The monoisotopic (exact) mass is 265 g/mol. The smallest absolute Gasteiger partial charge is 0.161 e. The number of fused-ring (bicyclic) bond motifs is 1. The molecule has 5 heteroatoms. The van der Waals surface area contributed by atoms with Crippen molar-refractivity contribution in [1.29, 1.82) is 0 Å². The van der Waals surface area contributed by atoms with E-state index in [1.54, 1.807) is 0 Å². The van der Waals surface area contributed by atoms with E-state index in [1.165, 1.54) is 0 Å². The summed E-state index contributed by atoms with van der Waals surface area (Å²) in [7, 11) is 0. The van der Waals surface area contributed by atoms with Crippen molar-refractivity contribution >= 4 is 0 Å². The molecule has 2 N–H and O–H groups in total. The van der Waals surface area contributed by atoms with Crippen LogP contribution in [0, 0.1) is 0 Å². The number of rotatable bonds is 4. The molecule has 0 aromatic heterocycles. The second-order valence-corrected chi connectivity index (χ2v) is 4.86. The molecule has 104 valence electrons. The highest BCUT2D eigenvalue weighted by molar-refractivity contribution is 5.44. The van der Waals surface area contributed by atoms with E-state index in [0.717, 1.165) is 23.5 Å². The Bertz CT molecular complexity index is 433. The van der Waals surface area contributed by atoms with E-state index in [4.69, 9.17) is 24.7 Å². The number of hydrogen-bond donors (Lipinski definition) is 1. The fourth-order valence-corrected chi connectivity index (χ4v) is 2.06. The van der Waals surface area contributed by atoms with E-state index in [0.29, 0.717) is 33.0 Å². The molecular formula is C14H19NO4. The summed E-state index contributed by atoms with van der Waals surface area (Å²) >= 11 is 0. The lowest BCUT2D eigenvalue weighted by Crippen LogP contribution is -2.37. The third-order valence-corrected chi connectivity index (χ3v) is 3.32. The first-order valence-electron chi connectivity index (χ1n) is 6.67. The van der Waals surface area contributed by atoms with Gasteiger partial charge in [-0.3, -0.25) is 0 Å². The van der Waals surface area contributed by atoms with Gasteiger partial charge in [-0.1, -0.05) is 6.07 Å². The Kier molecular flexibility index (Phi) is 3.87. The summed E-state index contributed by atoms with van der Waals surface area (Å²) in [5, 5.41) is 0. The summed E-state index contributed by atoms with van der Waals surface area (Å²) in [6.45, 7) is 3.22. The van der Waals surface area contributed by atoms with Crippen molar-refractivity contribution in [2.45, 2.75) is 18.6 Å². The van der Waals surface area contributed by atoms with Gasteiger partial charge >= 0.3 is 0 Å². The minimum absolute atomic E-state index is 0.155. The Labute approximate surface area is 112 Å². The van der Waals surface area contributed by atoms with Crippen LogP contribution in [0.3, 0.4) is 0 Å². The van der Waals surface area contributed by atoms with Crippen molar-refractivity contribution in [2.75, 3.05) is 33.0 Å². The van der Waals surface area contributed by atoms with Crippen LogP contribution in [0.25, 0.3) is 0 Å². The van der Waals surface area contributed by atoms with Crippen LogP contribution < -0.4 is 15.2 Å². The van der Waals surface area contributed by atoms with Crippen LogP contribution in [-0.2, 0) is 9.47 Å².